The molecule has 13 heteroatoms. The molecule has 0 aromatic carbocycles. The Labute approximate surface area is 182 Å². The van der Waals surface area contributed by atoms with Crippen molar-refractivity contribution in [2.75, 3.05) is 18.9 Å². The number of hydrogen-bond donors (Lipinski definition) is 3. The number of imidazole rings is 1. The van der Waals surface area contributed by atoms with Gasteiger partial charge in [-0.3, -0.25) is 9.36 Å². The van der Waals surface area contributed by atoms with Gasteiger partial charge in [0.25, 0.3) is 0 Å². The summed E-state index contributed by atoms with van der Waals surface area (Å²) in [6.45, 7) is 3.95. The monoisotopic (exact) mass is 450 g/mol. The summed E-state index contributed by atoms with van der Waals surface area (Å²) < 4.78 is 31.2. The van der Waals surface area contributed by atoms with Gasteiger partial charge in [0.2, 0.25) is 0 Å². The zero-order valence-corrected chi connectivity index (χ0v) is 17.7. The number of anilines is 1. The normalized spacial score (nSPS) is 23.0. The fraction of sp³-hybridized carbons (Fsp3) is 0.526. The van der Waals surface area contributed by atoms with Crippen molar-refractivity contribution < 1.29 is 33.3 Å². The first-order chi connectivity index (χ1) is 15.0. The van der Waals surface area contributed by atoms with Gasteiger partial charge in [0.1, 0.15) is 18.4 Å². The molecule has 1 saturated heterocycles. The predicted molar refractivity (Wildman–Crippen MR) is 107 cm³/mol. The SMILES string of the molecule is C#C[C@]1(CO)O[C@@H](n2cnc3c(N)nc(F)nc32)C[C@@H]1OC(=O)NCC(=O)OC(C)(C)C. The second kappa shape index (κ2) is 8.56. The summed E-state index contributed by atoms with van der Waals surface area (Å²) in [5, 5.41) is 12.1. The molecule has 2 aromatic rings. The second-order valence-electron chi connectivity index (χ2n) is 8.04. The molecular weight excluding hydrogens is 427 g/mol. The first kappa shape index (κ1) is 23.2. The number of halogens is 1. The number of nitrogens with two attached hydrogens (primary N) is 1. The Balaban J connectivity index is 1.75. The van der Waals surface area contributed by atoms with E-state index in [1.807, 2.05) is 0 Å². The number of alkyl carbamates (subject to hydrolysis) is 1. The lowest BCUT2D eigenvalue weighted by Gasteiger charge is -2.26. The van der Waals surface area contributed by atoms with E-state index in [-0.39, 0.29) is 23.4 Å². The minimum atomic E-state index is -1.69. The maximum Gasteiger partial charge on any atom is 0.408 e. The fourth-order valence-electron chi connectivity index (χ4n) is 3.18. The third-order valence-corrected chi connectivity index (χ3v) is 4.54. The summed E-state index contributed by atoms with van der Waals surface area (Å²) >= 11 is 0. The zero-order valence-electron chi connectivity index (χ0n) is 17.7. The zero-order chi connectivity index (χ0) is 23.7. The van der Waals surface area contributed by atoms with E-state index in [1.165, 1.54) is 10.9 Å². The molecule has 32 heavy (non-hydrogen) atoms. The van der Waals surface area contributed by atoms with Crippen LogP contribution in [0.1, 0.15) is 33.4 Å². The number of carbonyl (C=O) groups is 2. The Morgan fingerprint density at radius 1 is 1.50 bits per heavy atom. The highest BCUT2D eigenvalue weighted by Crippen LogP contribution is 2.39. The van der Waals surface area contributed by atoms with Gasteiger partial charge < -0.3 is 30.4 Å². The average molecular weight is 450 g/mol. The molecule has 1 aliphatic heterocycles. The topological polar surface area (TPSA) is 164 Å². The lowest BCUT2D eigenvalue weighted by atomic mass is 9.99. The van der Waals surface area contributed by atoms with Gasteiger partial charge in [-0.05, 0) is 20.8 Å². The highest BCUT2D eigenvalue weighted by atomic mass is 19.1. The van der Waals surface area contributed by atoms with Crippen LogP contribution in [0, 0.1) is 18.4 Å². The first-order valence-corrected chi connectivity index (χ1v) is 9.56. The minimum Gasteiger partial charge on any atom is -0.459 e. The first-order valence-electron chi connectivity index (χ1n) is 9.56. The fourth-order valence-corrected chi connectivity index (χ4v) is 3.18. The number of terminal acetylenes is 1. The van der Waals surface area contributed by atoms with E-state index in [2.05, 4.69) is 26.2 Å². The highest BCUT2D eigenvalue weighted by molar-refractivity contribution is 5.81. The summed E-state index contributed by atoms with van der Waals surface area (Å²) in [6.07, 6.45) is 2.78. The summed E-state index contributed by atoms with van der Waals surface area (Å²) in [5.41, 5.74) is 3.44. The molecule has 3 atom stereocenters. The Kier molecular flexibility index (Phi) is 6.20. The van der Waals surface area contributed by atoms with Crippen molar-refractivity contribution in [2.24, 2.45) is 0 Å². The number of nitrogens with zero attached hydrogens (tertiary/aromatic N) is 4. The van der Waals surface area contributed by atoms with E-state index in [4.69, 9.17) is 26.4 Å². The number of aromatic nitrogens is 4. The summed E-state index contributed by atoms with van der Waals surface area (Å²) in [7, 11) is 0. The molecule has 0 aliphatic carbocycles. The van der Waals surface area contributed by atoms with Crippen molar-refractivity contribution in [2.45, 2.75) is 50.7 Å². The van der Waals surface area contributed by atoms with Gasteiger partial charge in [0, 0.05) is 6.42 Å². The van der Waals surface area contributed by atoms with Crippen LogP contribution in [-0.4, -0.2) is 67.1 Å². The number of amides is 1. The highest BCUT2D eigenvalue weighted by Gasteiger charge is 2.51. The van der Waals surface area contributed by atoms with E-state index in [9.17, 15) is 19.1 Å². The molecule has 1 aliphatic rings. The number of aliphatic hydroxyl groups excluding tert-OH is 1. The molecule has 2 aromatic heterocycles. The number of carbonyl (C=O) groups excluding carboxylic acids is 2. The van der Waals surface area contributed by atoms with Crippen molar-refractivity contribution in [1.29, 1.82) is 0 Å². The minimum absolute atomic E-state index is 0.0262. The van der Waals surface area contributed by atoms with E-state index in [0.29, 0.717) is 0 Å². The van der Waals surface area contributed by atoms with Crippen LogP contribution in [0.3, 0.4) is 0 Å². The third-order valence-electron chi connectivity index (χ3n) is 4.54. The number of aliphatic hydroxyl groups is 1. The smallest absolute Gasteiger partial charge is 0.408 e. The maximum atomic E-state index is 13.7. The number of nitrogen functional groups attached to an aromatic ring is 1. The van der Waals surface area contributed by atoms with Gasteiger partial charge in [0.15, 0.2) is 28.7 Å². The molecule has 0 radical (unpaired) electrons. The molecule has 172 valence electrons. The van der Waals surface area contributed by atoms with Gasteiger partial charge in [-0.1, -0.05) is 5.92 Å². The van der Waals surface area contributed by atoms with Crippen LogP contribution < -0.4 is 11.1 Å². The van der Waals surface area contributed by atoms with Crippen LogP contribution in [0.25, 0.3) is 11.2 Å². The Bertz CT molecular complexity index is 1080. The molecule has 3 rings (SSSR count). The summed E-state index contributed by atoms with van der Waals surface area (Å²) in [6, 6.07) is 0. The van der Waals surface area contributed by atoms with Crippen molar-refractivity contribution >= 4 is 29.0 Å². The summed E-state index contributed by atoms with van der Waals surface area (Å²) in [4.78, 5) is 35.1. The molecule has 3 heterocycles. The van der Waals surface area contributed by atoms with Crippen molar-refractivity contribution in [1.82, 2.24) is 24.8 Å². The Morgan fingerprint density at radius 3 is 2.84 bits per heavy atom. The Morgan fingerprint density at radius 2 is 2.22 bits per heavy atom. The largest absolute Gasteiger partial charge is 0.459 e. The molecular formula is C19H23FN6O6. The van der Waals surface area contributed by atoms with Crippen LogP contribution in [-0.2, 0) is 19.0 Å². The molecule has 1 fully saturated rings. The van der Waals surface area contributed by atoms with Crippen molar-refractivity contribution in [3.8, 4) is 12.3 Å². The average Bonchev–Trinajstić information content (AvgIpc) is 3.27. The molecule has 4 N–H and O–H groups in total. The van der Waals surface area contributed by atoms with Crippen LogP contribution in [0.15, 0.2) is 6.33 Å². The number of rotatable bonds is 5. The van der Waals surface area contributed by atoms with Crippen LogP contribution in [0.2, 0.25) is 0 Å². The van der Waals surface area contributed by atoms with Gasteiger partial charge >= 0.3 is 18.1 Å². The molecule has 0 bridgehead atoms. The van der Waals surface area contributed by atoms with Crippen LogP contribution in [0.5, 0.6) is 0 Å². The second-order valence-corrected chi connectivity index (χ2v) is 8.04. The van der Waals surface area contributed by atoms with E-state index >= 15 is 0 Å². The number of ether oxygens (including phenoxy) is 3. The van der Waals surface area contributed by atoms with Gasteiger partial charge in [-0.15, -0.1) is 6.42 Å². The van der Waals surface area contributed by atoms with Crippen molar-refractivity contribution in [3.63, 3.8) is 0 Å². The molecule has 0 unspecified atom stereocenters. The number of esters is 1. The summed E-state index contributed by atoms with van der Waals surface area (Å²) in [5.74, 6) is 1.48. The molecule has 1 amide bonds. The standard InChI is InChI=1S/C19H23FN6O6/c1-5-19(8-27)10(30-17(29)22-7-12(28)32-18(2,3)4)6-11(31-19)26-9-23-13-14(21)24-16(20)25-15(13)26/h1,9-11,27H,6-8H2,2-4H3,(H,22,29)(H2,21,24,25)/t10-,11+,19+/m0/s1. The Hall–Kier alpha value is -3.50. The number of nitrogens with one attached hydrogen (secondary N) is 1. The molecule has 12 nitrogen and oxygen atoms in total. The van der Waals surface area contributed by atoms with Gasteiger partial charge in [-0.25, -0.2) is 9.78 Å². The lowest BCUT2D eigenvalue weighted by molar-refractivity contribution is -0.153. The molecule has 0 spiro atoms. The predicted octanol–water partition coefficient (Wildman–Crippen LogP) is 0.267. The van der Waals surface area contributed by atoms with Crippen LogP contribution >= 0.6 is 0 Å². The number of hydrogen-bond acceptors (Lipinski definition) is 10. The third kappa shape index (κ3) is 4.71. The van der Waals surface area contributed by atoms with Crippen molar-refractivity contribution in [3.05, 3.63) is 12.4 Å². The van der Waals surface area contributed by atoms with Crippen LogP contribution in [0.4, 0.5) is 15.0 Å². The quantitative estimate of drug-likeness (QED) is 0.327. The van der Waals surface area contributed by atoms with E-state index in [0.717, 1.165) is 0 Å². The van der Waals surface area contributed by atoms with E-state index in [1.54, 1.807) is 20.8 Å². The van der Waals surface area contributed by atoms with Gasteiger partial charge in [0.05, 0.1) is 12.9 Å². The van der Waals surface area contributed by atoms with E-state index < -0.39 is 54.8 Å². The lowest BCUT2D eigenvalue weighted by Crippen LogP contribution is -2.46. The molecule has 0 saturated carbocycles. The number of fused-ring (bicyclic) bond motifs is 1. The maximum absolute atomic E-state index is 13.7. The van der Waals surface area contributed by atoms with Gasteiger partial charge in [-0.2, -0.15) is 14.4 Å².